The van der Waals surface area contributed by atoms with Crippen LogP contribution in [0.3, 0.4) is 0 Å². The largest absolute Gasteiger partial charge is 0.338 e. The molecule has 0 spiro atoms. The first kappa shape index (κ1) is 22.7. The molecule has 1 aromatic carbocycles. The van der Waals surface area contributed by atoms with Gasteiger partial charge in [0.1, 0.15) is 11.4 Å². The summed E-state index contributed by atoms with van der Waals surface area (Å²) in [5, 5.41) is 3.29. The minimum absolute atomic E-state index is 0.0424. The molecule has 0 bridgehead atoms. The molecule has 32 heavy (non-hydrogen) atoms. The van der Waals surface area contributed by atoms with E-state index in [2.05, 4.69) is 26.2 Å². The number of anilines is 1. The van der Waals surface area contributed by atoms with Crippen LogP contribution < -0.4 is 10.9 Å². The maximum atomic E-state index is 13.2. The van der Waals surface area contributed by atoms with Crippen molar-refractivity contribution in [3.8, 4) is 0 Å². The van der Waals surface area contributed by atoms with E-state index in [-0.39, 0.29) is 30.0 Å². The fourth-order valence-electron chi connectivity index (χ4n) is 4.09. The zero-order chi connectivity index (χ0) is 23.0. The third kappa shape index (κ3) is 4.36. The number of amides is 2. The summed E-state index contributed by atoms with van der Waals surface area (Å²) in [7, 11) is 0. The van der Waals surface area contributed by atoms with Crippen molar-refractivity contribution < 1.29 is 9.59 Å². The van der Waals surface area contributed by atoms with Crippen molar-refractivity contribution in [3.63, 3.8) is 0 Å². The summed E-state index contributed by atoms with van der Waals surface area (Å²) < 4.78 is 2.14. The average molecular weight is 517 g/mol. The van der Waals surface area contributed by atoms with Crippen LogP contribution in [0.25, 0.3) is 10.2 Å². The summed E-state index contributed by atoms with van der Waals surface area (Å²) in [6.45, 7) is 6.45. The van der Waals surface area contributed by atoms with Gasteiger partial charge in [0.05, 0.1) is 22.3 Å². The lowest BCUT2D eigenvalue weighted by Crippen LogP contribution is -2.44. The van der Waals surface area contributed by atoms with E-state index in [0.717, 1.165) is 35.8 Å². The summed E-state index contributed by atoms with van der Waals surface area (Å²) in [5.74, 6) is -0.366. The standard InChI is InChI=1S/C23H25BrN4O3S/c1-13-7-8-17(16(24)10-13)26-21(30)20-15(3)19-22(32-20)25-12-27(23(19)31)11-18(29)28-9-5-4-6-14(28)2/h7-8,10,12,14H,4-6,9,11H2,1-3H3,(H,26,30)/t14-/m0/s1. The molecule has 0 unspecified atom stereocenters. The van der Waals surface area contributed by atoms with Gasteiger partial charge in [-0.15, -0.1) is 11.3 Å². The van der Waals surface area contributed by atoms with Crippen molar-refractivity contribution in [1.82, 2.24) is 14.5 Å². The first-order chi connectivity index (χ1) is 15.3. The van der Waals surface area contributed by atoms with Crippen molar-refractivity contribution >= 4 is 55.0 Å². The number of piperidine rings is 1. The second-order valence-corrected chi connectivity index (χ2v) is 10.1. The second kappa shape index (κ2) is 9.15. The third-order valence-electron chi connectivity index (χ3n) is 5.93. The highest BCUT2D eigenvalue weighted by atomic mass is 79.9. The van der Waals surface area contributed by atoms with Crippen LogP contribution in [-0.4, -0.2) is 38.9 Å². The van der Waals surface area contributed by atoms with E-state index in [4.69, 9.17) is 0 Å². The van der Waals surface area contributed by atoms with Crippen molar-refractivity contribution in [2.75, 3.05) is 11.9 Å². The number of hydrogen-bond acceptors (Lipinski definition) is 5. The fraction of sp³-hybridized carbons (Fsp3) is 0.391. The molecule has 0 radical (unpaired) electrons. The monoisotopic (exact) mass is 516 g/mol. The van der Waals surface area contributed by atoms with Gasteiger partial charge in [-0.1, -0.05) is 6.07 Å². The van der Waals surface area contributed by atoms with Crippen LogP contribution in [0.2, 0.25) is 0 Å². The van der Waals surface area contributed by atoms with Crippen LogP contribution >= 0.6 is 27.3 Å². The van der Waals surface area contributed by atoms with Crippen molar-refractivity contribution in [2.24, 2.45) is 0 Å². The first-order valence-corrected chi connectivity index (χ1v) is 12.2. The summed E-state index contributed by atoms with van der Waals surface area (Å²) in [4.78, 5) is 46.0. The lowest BCUT2D eigenvalue weighted by atomic mass is 10.0. The van der Waals surface area contributed by atoms with Crippen LogP contribution in [-0.2, 0) is 11.3 Å². The molecule has 1 N–H and O–H groups in total. The molecule has 168 valence electrons. The van der Waals surface area contributed by atoms with Crippen LogP contribution in [0.15, 0.2) is 33.8 Å². The molecule has 0 saturated carbocycles. The van der Waals surface area contributed by atoms with Crippen molar-refractivity contribution in [3.05, 3.63) is 55.4 Å². The molecular weight excluding hydrogens is 492 g/mol. The molecule has 3 heterocycles. The Morgan fingerprint density at radius 2 is 2.06 bits per heavy atom. The number of thiophene rings is 1. The highest BCUT2D eigenvalue weighted by molar-refractivity contribution is 9.10. The lowest BCUT2D eigenvalue weighted by Gasteiger charge is -2.33. The highest BCUT2D eigenvalue weighted by Crippen LogP contribution is 2.29. The third-order valence-corrected chi connectivity index (χ3v) is 7.78. The minimum Gasteiger partial charge on any atom is -0.338 e. The Hall–Kier alpha value is -2.52. The number of halogens is 1. The Kier molecular flexibility index (Phi) is 6.48. The number of nitrogens with zero attached hydrogens (tertiary/aromatic N) is 3. The smallest absolute Gasteiger partial charge is 0.266 e. The zero-order valence-electron chi connectivity index (χ0n) is 18.3. The Labute approximate surface area is 198 Å². The van der Waals surface area contributed by atoms with Gasteiger partial charge in [0.25, 0.3) is 11.5 Å². The zero-order valence-corrected chi connectivity index (χ0v) is 20.7. The van der Waals surface area contributed by atoms with Gasteiger partial charge in [-0.05, 0) is 79.2 Å². The molecular formula is C23H25BrN4O3S. The van der Waals surface area contributed by atoms with E-state index in [1.54, 1.807) is 6.92 Å². The normalized spacial score (nSPS) is 16.4. The van der Waals surface area contributed by atoms with Gasteiger partial charge in [-0.2, -0.15) is 0 Å². The maximum Gasteiger partial charge on any atom is 0.266 e. The number of rotatable bonds is 4. The first-order valence-electron chi connectivity index (χ1n) is 10.6. The van der Waals surface area contributed by atoms with Gasteiger partial charge >= 0.3 is 0 Å². The fourth-order valence-corrected chi connectivity index (χ4v) is 5.72. The van der Waals surface area contributed by atoms with Crippen LogP contribution in [0.1, 0.15) is 47.0 Å². The molecule has 1 saturated heterocycles. The quantitative estimate of drug-likeness (QED) is 0.553. The molecule has 2 amide bonds. The number of benzene rings is 1. The van der Waals surface area contributed by atoms with Crippen LogP contribution in [0, 0.1) is 13.8 Å². The van der Waals surface area contributed by atoms with E-state index in [0.29, 0.717) is 26.3 Å². The lowest BCUT2D eigenvalue weighted by molar-refractivity contribution is -0.135. The number of aryl methyl sites for hydroxylation is 2. The molecule has 2 aromatic heterocycles. The van der Waals surface area contributed by atoms with E-state index >= 15 is 0 Å². The highest BCUT2D eigenvalue weighted by Gasteiger charge is 2.25. The Morgan fingerprint density at radius 3 is 2.78 bits per heavy atom. The summed E-state index contributed by atoms with van der Waals surface area (Å²) >= 11 is 4.65. The molecule has 0 aliphatic carbocycles. The summed E-state index contributed by atoms with van der Waals surface area (Å²) in [5.41, 5.74) is 2.02. The number of likely N-dealkylation sites (tertiary alicyclic amines) is 1. The number of carbonyl (C=O) groups excluding carboxylic acids is 2. The number of nitrogens with one attached hydrogen (secondary N) is 1. The Bertz CT molecular complexity index is 1270. The molecule has 3 aromatic rings. The van der Waals surface area contributed by atoms with E-state index < -0.39 is 0 Å². The summed E-state index contributed by atoms with van der Waals surface area (Å²) in [6.07, 6.45) is 4.50. The molecule has 4 rings (SSSR count). The number of hydrogen-bond donors (Lipinski definition) is 1. The average Bonchev–Trinajstić information content (AvgIpc) is 3.09. The number of aromatic nitrogens is 2. The predicted molar refractivity (Wildman–Crippen MR) is 130 cm³/mol. The molecule has 1 atom stereocenters. The van der Waals surface area contributed by atoms with Crippen LogP contribution in [0.4, 0.5) is 5.69 Å². The van der Waals surface area contributed by atoms with E-state index in [1.165, 1.54) is 22.2 Å². The van der Waals surface area contributed by atoms with Gasteiger partial charge < -0.3 is 10.2 Å². The van der Waals surface area contributed by atoms with E-state index in [9.17, 15) is 14.4 Å². The molecule has 1 aliphatic heterocycles. The van der Waals surface area contributed by atoms with Crippen LogP contribution in [0.5, 0.6) is 0 Å². The topological polar surface area (TPSA) is 84.3 Å². The van der Waals surface area contributed by atoms with Gasteiger partial charge in [0, 0.05) is 17.1 Å². The van der Waals surface area contributed by atoms with Crippen molar-refractivity contribution in [1.29, 1.82) is 0 Å². The van der Waals surface area contributed by atoms with Gasteiger partial charge in [0.15, 0.2) is 0 Å². The number of carbonyl (C=O) groups is 2. The second-order valence-electron chi connectivity index (χ2n) is 8.28. The predicted octanol–water partition coefficient (Wildman–Crippen LogP) is 4.49. The molecule has 7 nitrogen and oxygen atoms in total. The Balaban J connectivity index is 1.61. The minimum atomic E-state index is -0.294. The van der Waals surface area contributed by atoms with Gasteiger partial charge in [-0.25, -0.2) is 4.98 Å². The number of fused-ring (bicyclic) bond motifs is 1. The van der Waals surface area contributed by atoms with Gasteiger partial charge in [0.2, 0.25) is 5.91 Å². The molecule has 1 aliphatic rings. The molecule has 1 fully saturated rings. The van der Waals surface area contributed by atoms with E-state index in [1.807, 2.05) is 36.9 Å². The molecule has 9 heteroatoms. The SMILES string of the molecule is Cc1ccc(NC(=O)c2sc3ncn(CC(=O)N4CCCC[C@@H]4C)c(=O)c3c2C)c(Br)c1. The summed E-state index contributed by atoms with van der Waals surface area (Å²) in [6, 6.07) is 5.85. The van der Waals surface area contributed by atoms with Crippen molar-refractivity contribution in [2.45, 2.75) is 52.6 Å². The van der Waals surface area contributed by atoms with Gasteiger partial charge in [-0.3, -0.25) is 19.0 Å². The Morgan fingerprint density at radius 1 is 1.28 bits per heavy atom. The maximum absolute atomic E-state index is 13.2.